The predicted molar refractivity (Wildman–Crippen MR) is 87.3 cm³/mol. The second-order valence-electron chi connectivity index (χ2n) is 4.89. The normalized spacial score (nSPS) is 12.2. The van der Waals surface area contributed by atoms with Gasteiger partial charge in [0.2, 0.25) is 0 Å². The first-order valence-corrected chi connectivity index (χ1v) is 7.86. The molecule has 0 bridgehead atoms. The van der Waals surface area contributed by atoms with Gasteiger partial charge in [-0.15, -0.1) is 0 Å². The predicted octanol–water partition coefficient (Wildman–Crippen LogP) is 5.44. The average molecular weight is 352 g/mol. The van der Waals surface area contributed by atoms with Crippen molar-refractivity contribution in [2.75, 3.05) is 6.54 Å². The van der Waals surface area contributed by atoms with E-state index in [0.29, 0.717) is 5.75 Å². The molecule has 0 aliphatic carbocycles. The lowest BCUT2D eigenvalue weighted by Crippen LogP contribution is -2.20. The monoisotopic (exact) mass is 351 g/mol. The summed E-state index contributed by atoms with van der Waals surface area (Å²) in [6, 6.07) is 12.4. The van der Waals surface area contributed by atoms with Crippen molar-refractivity contribution in [3.63, 3.8) is 0 Å². The minimum Gasteiger partial charge on any atom is -0.454 e. The minimum atomic E-state index is -0.347. The summed E-state index contributed by atoms with van der Waals surface area (Å²) in [7, 11) is 0. The largest absolute Gasteiger partial charge is 0.454 e. The molecule has 0 heterocycles. The van der Waals surface area contributed by atoms with Crippen molar-refractivity contribution in [3.05, 3.63) is 58.3 Å². The van der Waals surface area contributed by atoms with Gasteiger partial charge in [-0.25, -0.2) is 4.39 Å². The summed E-state index contributed by atoms with van der Waals surface area (Å²) in [5.74, 6) is 0.559. The van der Waals surface area contributed by atoms with Gasteiger partial charge in [-0.05, 0) is 50.2 Å². The van der Waals surface area contributed by atoms with Crippen LogP contribution < -0.4 is 10.1 Å². The van der Waals surface area contributed by atoms with E-state index in [0.717, 1.165) is 23.0 Å². The van der Waals surface area contributed by atoms with Gasteiger partial charge in [0.1, 0.15) is 5.75 Å². The number of rotatable bonds is 6. The number of benzene rings is 2. The van der Waals surface area contributed by atoms with Gasteiger partial charge in [-0.2, -0.15) is 0 Å². The van der Waals surface area contributed by atoms with Crippen molar-refractivity contribution in [2.24, 2.45) is 0 Å². The van der Waals surface area contributed by atoms with Crippen LogP contribution in [0.4, 0.5) is 4.39 Å². The van der Waals surface area contributed by atoms with Crippen LogP contribution in [0.5, 0.6) is 11.5 Å². The summed E-state index contributed by atoms with van der Waals surface area (Å²) in [6.45, 7) is 5.00. The summed E-state index contributed by atoms with van der Waals surface area (Å²) in [4.78, 5) is 0. The zero-order valence-corrected chi connectivity index (χ0v) is 13.8. The molecule has 0 amide bonds. The Hall–Kier alpha value is -1.39. The van der Waals surface area contributed by atoms with Gasteiger partial charge < -0.3 is 10.1 Å². The van der Waals surface area contributed by atoms with E-state index < -0.39 is 0 Å². The van der Waals surface area contributed by atoms with E-state index in [-0.39, 0.29) is 17.6 Å². The fourth-order valence-corrected chi connectivity index (χ4v) is 2.33. The topological polar surface area (TPSA) is 21.3 Å². The Morgan fingerprint density at radius 2 is 1.90 bits per heavy atom. The van der Waals surface area contributed by atoms with Gasteiger partial charge in [0.15, 0.2) is 11.6 Å². The number of hydrogen-bond donors (Lipinski definition) is 1. The third-order valence-electron chi connectivity index (χ3n) is 3.20. The van der Waals surface area contributed by atoms with Crippen LogP contribution in [0.3, 0.4) is 0 Å². The summed E-state index contributed by atoms with van der Waals surface area (Å²) < 4.78 is 20.9. The van der Waals surface area contributed by atoms with Crippen LogP contribution in [0.25, 0.3) is 0 Å². The van der Waals surface area contributed by atoms with Crippen molar-refractivity contribution in [1.82, 2.24) is 5.32 Å². The second kappa shape index (κ2) is 7.57. The van der Waals surface area contributed by atoms with E-state index in [1.165, 1.54) is 6.07 Å². The molecule has 1 N–H and O–H groups in total. The fourth-order valence-electron chi connectivity index (χ4n) is 2.07. The molecule has 0 aromatic heterocycles. The maximum absolute atomic E-state index is 14.1. The van der Waals surface area contributed by atoms with Gasteiger partial charge >= 0.3 is 0 Å². The second-order valence-corrected chi connectivity index (χ2v) is 5.81. The SMILES string of the molecule is CCCNC(C)c1cccc(F)c1Oc1ccc(Br)cc1. The lowest BCUT2D eigenvalue weighted by atomic mass is 10.1. The zero-order chi connectivity index (χ0) is 15.2. The Bertz CT molecular complexity index is 586. The van der Waals surface area contributed by atoms with Crippen LogP contribution in [0.1, 0.15) is 31.9 Å². The van der Waals surface area contributed by atoms with Crippen molar-refractivity contribution in [3.8, 4) is 11.5 Å². The Balaban J connectivity index is 2.26. The molecule has 2 rings (SSSR count). The molecular formula is C17H19BrFNO. The molecule has 0 aliphatic heterocycles. The number of ether oxygens (including phenoxy) is 1. The molecular weight excluding hydrogens is 333 g/mol. The molecule has 1 unspecified atom stereocenters. The minimum absolute atomic E-state index is 0.0334. The molecule has 0 aliphatic rings. The van der Waals surface area contributed by atoms with Crippen molar-refractivity contribution >= 4 is 15.9 Å². The molecule has 0 fully saturated rings. The highest BCUT2D eigenvalue weighted by Gasteiger charge is 2.16. The van der Waals surface area contributed by atoms with Crippen LogP contribution in [0.2, 0.25) is 0 Å². The number of para-hydroxylation sites is 1. The van der Waals surface area contributed by atoms with Crippen LogP contribution in [0.15, 0.2) is 46.9 Å². The van der Waals surface area contributed by atoms with E-state index in [1.807, 2.05) is 37.3 Å². The van der Waals surface area contributed by atoms with Crippen molar-refractivity contribution in [1.29, 1.82) is 0 Å². The summed E-state index contributed by atoms with van der Waals surface area (Å²) in [5.41, 5.74) is 0.825. The zero-order valence-electron chi connectivity index (χ0n) is 12.2. The Morgan fingerprint density at radius 1 is 1.19 bits per heavy atom. The van der Waals surface area contributed by atoms with Crippen molar-refractivity contribution < 1.29 is 9.13 Å². The molecule has 112 valence electrons. The molecule has 4 heteroatoms. The maximum Gasteiger partial charge on any atom is 0.167 e. The van der Waals surface area contributed by atoms with E-state index in [9.17, 15) is 4.39 Å². The molecule has 0 radical (unpaired) electrons. The molecule has 2 aromatic rings. The molecule has 1 atom stereocenters. The number of halogens is 2. The maximum atomic E-state index is 14.1. The Labute approximate surface area is 133 Å². The van der Waals surface area contributed by atoms with Crippen LogP contribution in [0, 0.1) is 5.82 Å². The van der Waals surface area contributed by atoms with Gasteiger partial charge in [-0.1, -0.05) is 35.0 Å². The molecule has 2 aromatic carbocycles. The highest BCUT2D eigenvalue weighted by atomic mass is 79.9. The first-order chi connectivity index (χ1) is 10.1. The summed E-state index contributed by atoms with van der Waals surface area (Å²) in [6.07, 6.45) is 1.03. The quantitative estimate of drug-likeness (QED) is 0.747. The third-order valence-corrected chi connectivity index (χ3v) is 3.73. The Morgan fingerprint density at radius 3 is 2.57 bits per heavy atom. The summed E-state index contributed by atoms with van der Waals surface area (Å²) in [5, 5.41) is 3.36. The Kier molecular flexibility index (Phi) is 5.76. The summed E-state index contributed by atoms with van der Waals surface area (Å²) >= 11 is 3.37. The van der Waals surface area contributed by atoms with Gasteiger partial charge in [-0.3, -0.25) is 0 Å². The van der Waals surface area contributed by atoms with E-state index in [2.05, 4.69) is 28.2 Å². The lowest BCUT2D eigenvalue weighted by molar-refractivity contribution is 0.425. The van der Waals surface area contributed by atoms with Gasteiger partial charge in [0.05, 0.1) is 0 Å². The standard InChI is InChI=1S/C17H19BrFNO/c1-3-11-20-12(2)15-5-4-6-16(19)17(15)21-14-9-7-13(18)8-10-14/h4-10,12,20H,3,11H2,1-2H3. The first-order valence-electron chi connectivity index (χ1n) is 7.07. The van der Waals surface area contributed by atoms with Crippen molar-refractivity contribution in [2.45, 2.75) is 26.3 Å². The molecule has 2 nitrogen and oxygen atoms in total. The van der Waals surface area contributed by atoms with E-state index in [1.54, 1.807) is 6.07 Å². The molecule has 0 spiro atoms. The highest BCUT2D eigenvalue weighted by Crippen LogP contribution is 2.32. The molecule has 21 heavy (non-hydrogen) atoms. The smallest absolute Gasteiger partial charge is 0.167 e. The van der Waals surface area contributed by atoms with Crippen LogP contribution in [-0.2, 0) is 0 Å². The van der Waals surface area contributed by atoms with Crippen LogP contribution >= 0.6 is 15.9 Å². The van der Waals surface area contributed by atoms with Crippen LogP contribution in [-0.4, -0.2) is 6.54 Å². The first kappa shape index (κ1) is 16.0. The lowest BCUT2D eigenvalue weighted by Gasteiger charge is -2.18. The number of nitrogens with one attached hydrogen (secondary N) is 1. The molecule has 0 saturated carbocycles. The van der Waals surface area contributed by atoms with Gasteiger partial charge in [0.25, 0.3) is 0 Å². The third kappa shape index (κ3) is 4.29. The number of hydrogen-bond acceptors (Lipinski definition) is 2. The fraction of sp³-hybridized carbons (Fsp3) is 0.294. The van der Waals surface area contributed by atoms with Gasteiger partial charge in [0, 0.05) is 16.1 Å². The highest BCUT2D eigenvalue weighted by molar-refractivity contribution is 9.10. The van der Waals surface area contributed by atoms with E-state index in [4.69, 9.17) is 4.74 Å². The van der Waals surface area contributed by atoms with E-state index >= 15 is 0 Å². The average Bonchev–Trinajstić information content (AvgIpc) is 2.49. The molecule has 0 saturated heterocycles.